The Morgan fingerprint density at radius 2 is 1.96 bits per heavy atom. The maximum atomic E-state index is 12.5. The lowest BCUT2D eigenvalue weighted by molar-refractivity contribution is -0.137. The van der Waals surface area contributed by atoms with E-state index in [1.54, 1.807) is 0 Å². The first-order chi connectivity index (χ1) is 11.5. The van der Waals surface area contributed by atoms with Gasteiger partial charge in [0.15, 0.2) is 0 Å². The summed E-state index contributed by atoms with van der Waals surface area (Å²) < 4.78 is 2.18. The molecule has 1 aromatic heterocycles. The van der Waals surface area contributed by atoms with Gasteiger partial charge in [-0.25, -0.2) is 4.98 Å². The molecule has 0 unspecified atom stereocenters. The summed E-state index contributed by atoms with van der Waals surface area (Å²) in [7, 11) is 4.00. The average Bonchev–Trinajstić information content (AvgIpc) is 2.90. The number of imidazole rings is 1. The Balaban J connectivity index is 1.61. The van der Waals surface area contributed by atoms with E-state index in [2.05, 4.69) is 48.6 Å². The first-order valence-corrected chi connectivity index (χ1v) is 8.86. The zero-order chi connectivity index (χ0) is 17.3. The van der Waals surface area contributed by atoms with Crippen molar-refractivity contribution in [3.63, 3.8) is 0 Å². The number of benzene rings is 1. The van der Waals surface area contributed by atoms with Gasteiger partial charge in [-0.1, -0.05) is 12.1 Å². The van der Waals surface area contributed by atoms with Crippen LogP contribution in [0.15, 0.2) is 24.3 Å². The first-order valence-electron chi connectivity index (χ1n) is 8.86. The molecule has 0 bridgehead atoms. The molecule has 130 valence electrons. The van der Waals surface area contributed by atoms with Crippen molar-refractivity contribution >= 4 is 16.9 Å². The molecule has 5 heteroatoms. The Labute approximate surface area is 144 Å². The van der Waals surface area contributed by atoms with Gasteiger partial charge in [0.05, 0.1) is 17.6 Å². The average molecular weight is 328 g/mol. The molecule has 0 N–H and O–H groups in total. The summed E-state index contributed by atoms with van der Waals surface area (Å²) in [6.07, 6.45) is 1.89. The monoisotopic (exact) mass is 328 g/mol. The molecule has 1 aliphatic rings. The highest BCUT2D eigenvalue weighted by Crippen LogP contribution is 2.22. The minimum absolute atomic E-state index is 0.175. The number of hydrogen-bond donors (Lipinski definition) is 0. The van der Waals surface area contributed by atoms with Crippen LogP contribution in [0.25, 0.3) is 11.0 Å². The van der Waals surface area contributed by atoms with Crippen molar-refractivity contribution in [3.05, 3.63) is 30.1 Å². The van der Waals surface area contributed by atoms with E-state index in [4.69, 9.17) is 4.98 Å². The molecule has 1 aliphatic heterocycles. The van der Waals surface area contributed by atoms with Crippen LogP contribution < -0.4 is 0 Å². The van der Waals surface area contributed by atoms with Gasteiger partial charge in [0, 0.05) is 26.1 Å². The lowest BCUT2D eigenvalue weighted by Crippen LogP contribution is -2.43. The molecule has 1 fully saturated rings. The van der Waals surface area contributed by atoms with Crippen molar-refractivity contribution in [1.29, 1.82) is 0 Å². The number of carbonyl (C=O) groups excluding carboxylic acids is 1. The fraction of sp³-hybridized carbons (Fsp3) is 0.579. The summed E-state index contributed by atoms with van der Waals surface area (Å²) in [5.41, 5.74) is 2.23. The van der Waals surface area contributed by atoms with Crippen LogP contribution in [0, 0.1) is 5.92 Å². The van der Waals surface area contributed by atoms with E-state index < -0.39 is 0 Å². The van der Waals surface area contributed by atoms with Gasteiger partial charge in [-0.2, -0.15) is 0 Å². The van der Waals surface area contributed by atoms with Crippen LogP contribution in [-0.4, -0.2) is 51.4 Å². The Bertz CT molecular complexity index is 713. The molecule has 3 rings (SSSR count). The van der Waals surface area contributed by atoms with Gasteiger partial charge in [-0.3, -0.25) is 9.69 Å². The van der Waals surface area contributed by atoms with Gasteiger partial charge >= 0.3 is 0 Å². The molecule has 1 aromatic carbocycles. The van der Waals surface area contributed by atoms with Gasteiger partial charge in [-0.05, 0) is 51.9 Å². The predicted octanol–water partition coefficient (Wildman–Crippen LogP) is 2.65. The minimum Gasteiger partial charge on any atom is -0.343 e. The number of amides is 1. The summed E-state index contributed by atoms with van der Waals surface area (Å²) in [6.45, 7) is 6.92. The largest absolute Gasteiger partial charge is 0.343 e. The molecule has 2 heterocycles. The predicted molar refractivity (Wildman–Crippen MR) is 96.6 cm³/mol. The molecule has 24 heavy (non-hydrogen) atoms. The number of para-hydroxylation sites is 2. The van der Waals surface area contributed by atoms with Crippen LogP contribution in [0.3, 0.4) is 0 Å². The second kappa shape index (κ2) is 6.93. The van der Waals surface area contributed by atoms with Crippen LogP contribution in [0.1, 0.15) is 32.5 Å². The summed E-state index contributed by atoms with van der Waals surface area (Å²) in [5, 5.41) is 0. The second-order valence-corrected chi connectivity index (χ2v) is 7.17. The normalized spacial score (nSPS) is 16.9. The van der Waals surface area contributed by atoms with Crippen molar-refractivity contribution in [3.8, 4) is 0 Å². The number of fused-ring (bicyclic) bond motifs is 1. The van der Waals surface area contributed by atoms with Gasteiger partial charge in [0.2, 0.25) is 5.91 Å². The summed E-state index contributed by atoms with van der Waals surface area (Å²) in [4.78, 5) is 21.5. The number of aromatic nitrogens is 2. The van der Waals surface area contributed by atoms with E-state index in [0.717, 1.165) is 43.8 Å². The van der Waals surface area contributed by atoms with Crippen LogP contribution in [-0.2, 0) is 18.4 Å². The number of likely N-dealkylation sites (tertiary alicyclic amines) is 1. The smallest absolute Gasteiger partial charge is 0.225 e. The summed E-state index contributed by atoms with van der Waals surface area (Å²) in [6, 6.07) is 8.53. The first kappa shape index (κ1) is 17.0. The van der Waals surface area contributed by atoms with Gasteiger partial charge in [-0.15, -0.1) is 0 Å². The summed E-state index contributed by atoms with van der Waals surface area (Å²) in [5.74, 6) is 1.57. The third-order valence-corrected chi connectivity index (χ3v) is 5.30. The quantitative estimate of drug-likeness (QED) is 0.866. The van der Waals surface area contributed by atoms with E-state index in [9.17, 15) is 4.79 Å². The molecular weight excluding hydrogens is 300 g/mol. The van der Waals surface area contributed by atoms with E-state index in [-0.39, 0.29) is 12.0 Å². The van der Waals surface area contributed by atoms with Crippen molar-refractivity contribution in [2.75, 3.05) is 20.1 Å². The molecule has 0 atom stereocenters. The number of rotatable bonds is 4. The van der Waals surface area contributed by atoms with E-state index in [1.165, 1.54) is 5.52 Å². The standard InChI is InChI=1S/C19H28N4O/c1-14(2)21(3)19(24)15-9-11-23(12-10-15)13-18-20-16-7-5-6-8-17(16)22(18)4/h5-8,14-15H,9-13H2,1-4H3. The number of piperidine rings is 1. The van der Waals surface area contributed by atoms with E-state index in [1.807, 2.05) is 18.0 Å². The van der Waals surface area contributed by atoms with Crippen LogP contribution in [0.4, 0.5) is 0 Å². The van der Waals surface area contributed by atoms with Crippen molar-refractivity contribution in [2.45, 2.75) is 39.3 Å². The highest BCUT2D eigenvalue weighted by Gasteiger charge is 2.28. The lowest BCUT2D eigenvalue weighted by Gasteiger charge is -2.34. The maximum Gasteiger partial charge on any atom is 0.225 e. The molecular formula is C19H28N4O. The number of carbonyl (C=O) groups is 1. The van der Waals surface area contributed by atoms with Crippen molar-refractivity contribution in [1.82, 2.24) is 19.4 Å². The van der Waals surface area contributed by atoms with Gasteiger partial charge in [0.25, 0.3) is 0 Å². The number of aryl methyl sites for hydroxylation is 1. The Hall–Kier alpha value is -1.88. The molecule has 0 saturated carbocycles. The van der Waals surface area contributed by atoms with Crippen LogP contribution in [0.5, 0.6) is 0 Å². The highest BCUT2D eigenvalue weighted by molar-refractivity contribution is 5.79. The molecule has 1 saturated heterocycles. The third kappa shape index (κ3) is 3.31. The minimum atomic E-state index is 0.175. The van der Waals surface area contributed by atoms with Gasteiger partial charge < -0.3 is 9.47 Å². The van der Waals surface area contributed by atoms with E-state index in [0.29, 0.717) is 5.91 Å². The van der Waals surface area contributed by atoms with Gasteiger partial charge in [0.1, 0.15) is 5.82 Å². The molecule has 5 nitrogen and oxygen atoms in total. The molecule has 2 aromatic rings. The van der Waals surface area contributed by atoms with Crippen LogP contribution >= 0.6 is 0 Å². The summed E-state index contributed by atoms with van der Waals surface area (Å²) >= 11 is 0. The molecule has 0 spiro atoms. The Morgan fingerprint density at radius 1 is 1.29 bits per heavy atom. The van der Waals surface area contributed by atoms with Crippen molar-refractivity contribution < 1.29 is 4.79 Å². The maximum absolute atomic E-state index is 12.5. The second-order valence-electron chi connectivity index (χ2n) is 7.17. The number of nitrogens with zero attached hydrogens (tertiary/aromatic N) is 4. The van der Waals surface area contributed by atoms with Crippen LogP contribution in [0.2, 0.25) is 0 Å². The fourth-order valence-electron chi connectivity index (χ4n) is 3.42. The zero-order valence-corrected chi connectivity index (χ0v) is 15.2. The molecule has 1 amide bonds. The highest BCUT2D eigenvalue weighted by atomic mass is 16.2. The zero-order valence-electron chi connectivity index (χ0n) is 15.2. The Morgan fingerprint density at radius 3 is 2.58 bits per heavy atom. The number of hydrogen-bond acceptors (Lipinski definition) is 3. The third-order valence-electron chi connectivity index (χ3n) is 5.30. The molecule has 0 radical (unpaired) electrons. The Kier molecular flexibility index (Phi) is 4.90. The molecule has 0 aliphatic carbocycles. The topological polar surface area (TPSA) is 41.4 Å². The van der Waals surface area contributed by atoms with E-state index >= 15 is 0 Å². The van der Waals surface area contributed by atoms with Crippen molar-refractivity contribution in [2.24, 2.45) is 13.0 Å². The fourth-order valence-corrected chi connectivity index (χ4v) is 3.42. The SMILES string of the molecule is CC(C)N(C)C(=O)C1CCN(Cc2nc3ccccc3n2C)CC1. The lowest BCUT2D eigenvalue weighted by atomic mass is 9.95.